The summed E-state index contributed by atoms with van der Waals surface area (Å²) in [5.41, 5.74) is 0. The van der Waals surface area contributed by atoms with E-state index in [1.54, 1.807) is 12.1 Å². The van der Waals surface area contributed by atoms with Crippen molar-refractivity contribution in [2.24, 2.45) is 0 Å². The summed E-state index contributed by atoms with van der Waals surface area (Å²) in [4.78, 5) is 11.0. The molecule has 3 nitrogen and oxygen atoms in total. The fourth-order valence-electron chi connectivity index (χ4n) is 1.19. The zero-order chi connectivity index (χ0) is 12.0. The van der Waals surface area contributed by atoms with E-state index in [4.69, 9.17) is 0 Å². The number of methoxy groups -OCH3 is 1. The molecule has 0 radical (unpaired) electrons. The van der Waals surface area contributed by atoms with Gasteiger partial charge >= 0.3 is 5.97 Å². The van der Waals surface area contributed by atoms with Crippen LogP contribution in [0, 0.1) is 5.82 Å². The second-order valence-electron chi connectivity index (χ2n) is 3.16. The lowest BCUT2D eigenvalue weighted by molar-refractivity contribution is -0.140. The molecule has 1 aromatic carbocycles. The van der Waals surface area contributed by atoms with Gasteiger partial charge in [-0.3, -0.25) is 9.00 Å². The first-order valence-electron chi connectivity index (χ1n) is 4.85. The number of carbonyl (C=O) groups is 1. The molecule has 0 aliphatic rings. The van der Waals surface area contributed by atoms with E-state index < -0.39 is 16.6 Å². The minimum atomic E-state index is -1.40. The van der Waals surface area contributed by atoms with E-state index in [9.17, 15) is 13.4 Å². The quantitative estimate of drug-likeness (QED) is 0.743. The molecule has 88 valence electrons. The number of hydrogen-bond donors (Lipinski definition) is 0. The molecule has 0 spiro atoms. The van der Waals surface area contributed by atoms with Gasteiger partial charge in [0.2, 0.25) is 0 Å². The van der Waals surface area contributed by atoms with Gasteiger partial charge in [0.1, 0.15) is 5.82 Å². The van der Waals surface area contributed by atoms with E-state index in [1.165, 1.54) is 19.2 Å². The van der Waals surface area contributed by atoms with Crippen LogP contribution in [-0.4, -0.2) is 23.0 Å². The van der Waals surface area contributed by atoms with Gasteiger partial charge in [0.25, 0.3) is 0 Å². The van der Waals surface area contributed by atoms with Crippen molar-refractivity contribution in [3.05, 3.63) is 30.1 Å². The number of hydrogen-bond acceptors (Lipinski definition) is 3. The van der Waals surface area contributed by atoms with E-state index in [-0.39, 0.29) is 23.0 Å². The summed E-state index contributed by atoms with van der Waals surface area (Å²) in [6.45, 7) is 0. The first-order valence-corrected chi connectivity index (χ1v) is 6.16. The Balaban J connectivity index is 2.47. The standard InChI is InChI=1S/C11H13FO3S/c1-15-11(13)7-4-8-16(14)10-6-3-2-5-9(10)12/h2-3,5-6H,4,7-8H2,1H3. The number of halogens is 1. The number of esters is 1. The van der Waals surface area contributed by atoms with Gasteiger partial charge in [-0.05, 0) is 18.6 Å². The molecule has 0 N–H and O–H groups in total. The molecule has 0 aliphatic carbocycles. The van der Waals surface area contributed by atoms with Crippen LogP contribution in [0.3, 0.4) is 0 Å². The average molecular weight is 244 g/mol. The number of carbonyl (C=O) groups excluding carboxylic acids is 1. The van der Waals surface area contributed by atoms with Crippen molar-refractivity contribution in [3.8, 4) is 0 Å². The molecule has 0 saturated heterocycles. The average Bonchev–Trinajstić information content (AvgIpc) is 2.29. The number of ether oxygens (including phenoxy) is 1. The summed E-state index contributed by atoms with van der Waals surface area (Å²) in [6.07, 6.45) is 0.629. The van der Waals surface area contributed by atoms with Crippen LogP contribution in [0.4, 0.5) is 4.39 Å². The van der Waals surface area contributed by atoms with Crippen LogP contribution in [-0.2, 0) is 20.3 Å². The summed E-state index contributed by atoms with van der Waals surface area (Å²) in [7, 11) is -0.0944. The molecule has 0 aromatic heterocycles. The predicted octanol–water partition coefficient (Wildman–Crippen LogP) is 1.89. The van der Waals surface area contributed by atoms with Gasteiger partial charge in [-0.1, -0.05) is 12.1 Å². The maximum absolute atomic E-state index is 13.2. The van der Waals surface area contributed by atoms with Gasteiger partial charge in [0, 0.05) is 12.2 Å². The number of rotatable bonds is 5. The Labute approximate surface area is 96.1 Å². The molecule has 5 heteroatoms. The largest absolute Gasteiger partial charge is 0.469 e. The van der Waals surface area contributed by atoms with Crippen molar-refractivity contribution < 1.29 is 18.1 Å². The molecule has 1 aromatic rings. The van der Waals surface area contributed by atoms with Crippen molar-refractivity contribution in [1.82, 2.24) is 0 Å². The van der Waals surface area contributed by atoms with Gasteiger partial charge in [-0.25, -0.2) is 4.39 Å². The molecular weight excluding hydrogens is 231 g/mol. The fourth-order valence-corrected chi connectivity index (χ4v) is 2.33. The first-order chi connectivity index (χ1) is 7.65. The predicted molar refractivity (Wildman–Crippen MR) is 58.9 cm³/mol. The summed E-state index contributed by atoms with van der Waals surface area (Å²) in [5, 5.41) is 0. The number of benzene rings is 1. The smallest absolute Gasteiger partial charge is 0.305 e. The third kappa shape index (κ3) is 3.73. The van der Waals surface area contributed by atoms with Gasteiger partial charge < -0.3 is 4.74 Å². The van der Waals surface area contributed by atoms with Crippen molar-refractivity contribution in [1.29, 1.82) is 0 Å². The van der Waals surface area contributed by atoms with E-state index in [0.29, 0.717) is 6.42 Å². The van der Waals surface area contributed by atoms with Crippen molar-refractivity contribution in [2.45, 2.75) is 17.7 Å². The lowest BCUT2D eigenvalue weighted by Crippen LogP contribution is -2.05. The highest BCUT2D eigenvalue weighted by molar-refractivity contribution is 7.85. The Morgan fingerprint density at radius 2 is 2.12 bits per heavy atom. The van der Waals surface area contributed by atoms with E-state index >= 15 is 0 Å². The van der Waals surface area contributed by atoms with Gasteiger partial charge in [0.05, 0.1) is 22.8 Å². The Hall–Kier alpha value is -1.23. The maximum Gasteiger partial charge on any atom is 0.305 e. The SMILES string of the molecule is COC(=O)CCCS(=O)c1ccccc1F. The Bertz CT molecular complexity index is 393. The van der Waals surface area contributed by atoms with Gasteiger partial charge in [-0.2, -0.15) is 0 Å². The van der Waals surface area contributed by atoms with Crippen molar-refractivity contribution in [2.75, 3.05) is 12.9 Å². The lowest BCUT2D eigenvalue weighted by atomic mass is 10.3. The highest BCUT2D eigenvalue weighted by Crippen LogP contribution is 2.12. The molecule has 0 amide bonds. The molecule has 0 saturated carbocycles. The highest BCUT2D eigenvalue weighted by Gasteiger charge is 2.09. The van der Waals surface area contributed by atoms with Crippen LogP contribution >= 0.6 is 0 Å². The summed E-state index contributed by atoms with van der Waals surface area (Å²) < 4.78 is 29.3. The van der Waals surface area contributed by atoms with Crippen molar-refractivity contribution in [3.63, 3.8) is 0 Å². The van der Waals surface area contributed by atoms with Crippen LogP contribution in [0.2, 0.25) is 0 Å². The van der Waals surface area contributed by atoms with E-state index in [1.807, 2.05) is 0 Å². The van der Waals surface area contributed by atoms with Crippen LogP contribution in [0.25, 0.3) is 0 Å². The highest BCUT2D eigenvalue weighted by atomic mass is 32.2. The van der Waals surface area contributed by atoms with Gasteiger partial charge in [0.15, 0.2) is 0 Å². The van der Waals surface area contributed by atoms with E-state index in [0.717, 1.165) is 0 Å². The molecule has 1 rings (SSSR count). The van der Waals surface area contributed by atoms with Crippen LogP contribution in [0.5, 0.6) is 0 Å². The molecule has 1 unspecified atom stereocenters. The molecule has 1 atom stereocenters. The fraction of sp³-hybridized carbons (Fsp3) is 0.364. The topological polar surface area (TPSA) is 43.4 Å². The monoisotopic (exact) mass is 244 g/mol. The zero-order valence-corrected chi connectivity index (χ0v) is 9.76. The van der Waals surface area contributed by atoms with E-state index in [2.05, 4.69) is 4.74 Å². The molecular formula is C11H13FO3S. The Morgan fingerprint density at radius 3 is 2.75 bits per heavy atom. The van der Waals surface area contributed by atoms with Crippen LogP contribution < -0.4 is 0 Å². The molecule has 0 aliphatic heterocycles. The molecule has 0 fully saturated rings. The maximum atomic E-state index is 13.2. The normalized spacial score (nSPS) is 12.1. The second-order valence-corrected chi connectivity index (χ2v) is 4.70. The summed E-state index contributed by atoms with van der Waals surface area (Å²) >= 11 is 0. The minimum Gasteiger partial charge on any atom is -0.469 e. The molecule has 0 heterocycles. The van der Waals surface area contributed by atoms with Gasteiger partial charge in [-0.15, -0.1) is 0 Å². The van der Waals surface area contributed by atoms with Crippen LogP contribution in [0.15, 0.2) is 29.2 Å². The lowest BCUT2D eigenvalue weighted by Gasteiger charge is -2.02. The Morgan fingerprint density at radius 1 is 1.44 bits per heavy atom. The zero-order valence-electron chi connectivity index (χ0n) is 8.94. The summed E-state index contributed by atoms with van der Waals surface area (Å²) in [5.74, 6) is -0.555. The third-order valence-corrected chi connectivity index (χ3v) is 3.50. The summed E-state index contributed by atoms with van der Waals surface area (Å²) in [6, 6.07) is 5.94. The third-order valence-electron chi connectivity index (χ3n) is 2.02. The second kappa shape index (κ2) is 6.37. The Kier molecular flexibility index (Phi) is 5.11. The molecule has 16 heavy (non-hydrogen) atoms. The molecule has 0 bridgehead atoms. The minimum absolute atomic E-state index is 0.187. The van der Waals surface area contributed by atoms with Crippen LogP contribution in [0.1, 0.15) is 12.8 Å². The first kappa shape index (κ1) is 12.8. The van der Waals surface area contributed by atoms with Crippen molar-refractivity contribution >= 4 is 16.8 Å².